The van der Waals surface area contributed by atoms with Crippen LogP contribution in [0.2, 0.25) is 5.02 Å². The SMILES string of the molecule is Cc1cc(S(=O)(=O)N2CCN(C(=O)c3cc(-c4ccc(Cl)cc4)n[nH]3)CC2)ccc1F. The monoisotopic (exact) mass is 462 g/mol. The van der Waals surface area contributed by atoms with Crippen LogP contribution in [0.3, 0.4) is 0 Å². The number of H-pyrrole nitrogens is 1. The first-order chi connectivity index (χ1) is 14.8. The molecule has 0 bridgehead atoms. The molecule has 0 radical (unpaired) electrons. The van der Waals surface area contributed by atoms with Gasteiger partial charge in [-0.2, -0.15) is 9.40 Å². The average Bonchev–Trinajstić information content (AvgIpc) is 3.26. The number of amides is 1. The van der Waals surface area contributed by atoms with Gasteiger partial charge in [0.15, 0.2) is 0 Å². The number of piperazine rings is 1. The van der Waals surface area contributed by atoms with Gasteiger partial charge in [-0.1, -0.05) is 23.7 Å². The summed E-state index contributed by atoms with van der Waals surface area (Å²) in [7, 11) is -3.75. The highest BCUT2D eigenvalue weighted by atomic mass is 35.5. The molecule has 0 aliphatic carbocycles. The van der Waals surface area contributed by atoms with Crippen LogP contribution in [0, 0.1) is 12.7 Å². The summed E-state index contributed by atoms with van der Waals surface area (Å²) in [6.07, 6.45) is 0. The lowest BCUT2D eigenvalue weighted by Crippen LogP contribution is -2.50. The highest BCUT2D eigenvalue weighted by Gasteiger charge is 2.31. The highest BCUT2D eigenvalue weighted by molar-refractivity contribution is 7.89. The molecule has 7 nitrogen and oxygen atoms in total. The zero-order valence-electron chi connectivity index (χ0n) is 16.7. The summed E-state index contributed by atoms with van der Waals surface area (Å²) < 4.78 is 40.5. The fourth-order valence-corrected chi connectivity index (χ4v) is 5.06. The van der Waals surface area contributed by atoms with E-state index in [2.05, 4.69) is 10.2 Å². The lowest BCUT2D eigenvalue weighted by atomic mass is 10.1. The van der Waals surface area contributed by atoms with Gasteiger partial charge in [0.1, 0.15) is 11.5 Å². The Kier molecular flexibility index (Phi) is 5.83. The summed E-state index contributed by atoms with van der Waals surface area (Å²) >= 11 is 5.90. The second-order valence-electron chi connectivity index (χ2n) is 7.28. The van der Waals surface area contributed by atoms with Crippen LogP contribution in [-0.4, -0.2) is 59.9 Å². The van der Waals surface area contributed by atoms with Crippen LogP contribution in [-0.2, 0) is 10.0 Å². The zero-order chi connectivity index (χ0) is 22.2. The smallest absolute Gasteiger partial charge is 0.271 e. The molecule has 0 saturated carbocycles. The number of aromatic nitrogens is 2. The van der Waals surface area contributed by atoms with Crippen LogP contribution >= 0.6 is 11.6 Å². The Morgan fingerprint density at radius 2 is 1.74 bits per heavy atom. The van der Waals surface area contributed by atoms with Gasteiger partial charge in [-0.25, -0.2) is 12.8 Å². The number of hydrogen-bond donors (Lipinski definition) is 1. The molecule has 1 amide bonds. The number of carbonyl (C=O) groups is 1. The van der Waals surface area contributed by atoms with Crippen LogP contribution in [0.25, 0.3) is 11.3 Å². The first kappa shape index (κ1) is 21.5. The van der Waals surface area contributed by atoms with Crippen molar-refractivity contribution in [1.82, 2.24) is 19.4 Å². The summed E-state index contributed by atoms with van der Waals surface area (Å²) in [5, 5.41) is 7.55. The number of benzene rings is 2. The van der Waals surface area contributed by atoms with Crippen LogP contribution in [0.4, 0.5) is 4.39 Å². The molecule has 1 aliphatic heterocycles. The number of hydrogen-bond acceptors (Lipinski definition) is 4. The molecule has 1 aromatic heterocycles. The predicted octanol–water partition coefficient (Wildman–Crippen LogP) is 3.32. The topological polar surface area (TPSA) is 86.4 Å². The quantitative estimate of drug-likeness (QED) is 0.644. The number of carbonyl (C=O) groups excluding carboxylic acids is 1. The number of halogens is 2. The van der Waals surface area contributed by atoms with E-state index in [9.17, 15) is 17.6 Å². The summed E-state index contributed by atoms with van der Waals surface area (Å²) in [6.45, 7) is 2.32. The van der Waals surface area contributed by atoms with E-state index in [0.717, 1.165) is 11.6 Å². The molecule has 2 heterocycles. The minimum Gasteiger partial charge on any atom is -0.335 e. The van der Waals surface area contributed by atoms with Crippen molar-refractivity contribution < 1.29 is 17.6 Å². The van der Waals surface area contributed by atoms with Gasteiger partial charge in [-0.15, -0.1) is 0 Å². The van der Waals surface area contributed by atoms with Gasteiger partial charge in [0.2, 0.25) is 10.0 Å². The van der Waals surface area contributed by atoms with Crippen LogP contribution in [0.1, 0.15) is 16.1 Å². The standard InChI is InChI=1S/C21H20ClFN4O3S/c1-14-12-17(6-7-18(14)23)31(29,30)27-10-8-26(9-11-27)21(28)20-13-19(24-25-20)15-2-4-16(22)5-3-15/h2-7,12-13H,8-11H2,1H3,(H,24,25). The normalized spacial score (nSPS) is 15.3. The fraction of sp³-hybridized carbons (Fsp3) is 0.238. The predicted molar refractivity (Wildman–Crippen MR) is 115 cm³/mol. The Morgan fingerprint density at radius 1 is 1.06 bits per heavy atom. The lowest BCUT2D eigenvalue weighted by Gasteiger charge is -2.33. The van der Waals surface area contributed by atoms with E-state index in [0.29, 0.717) is 16.4 Å². The van der Waals surface area contributed by atoms with Crippen LogP contribution in [0.15, 0.2) is 53.4 Å². The molecular formula is C21H20ClFN4O3S. The van der Waals surface area contributed by atoms with Crippen LogP contribution < -0.4 is 0 Å². The number of nitrogens with zero attached hydrogens (tertiary/aromatic N) is 3. The van der Waals surface area contributed by atoms with Crippen molar-refractivity contribution in [2.75, 3.05) is 26.2 Å². The molecular weight excluding hydrogens is 443 g/mol. The van der Waals surface area contributed by atoms with Gasteiger partial charge >= 0.3 is 0 Å². The van der Waals surface area contributed by atoms with E-state index >= 15 is 0 Å². The summed E-state index contributed by atoms with van der Waals surface area (Å²) in [5.74, 6) is -0.700. The maximum atomic E-state index is 13.5. The van der Waals surface area contributed by atoms with E-state index in [1.165, 1.54) is 23.4 Å². The number of rotatable bonds is 4. The van der Waals surface area contributed by atoms with Gasteiger partial charge in [-0.05, 0) is 48.9 Å². The number of sulfonamides is 1. The molecule has 10 heteroatoms. The van der Waals surface area contributed by atoms with E-state index in [-0.39, 0.29) is 42.5 Å². The van der Waals surface area contributed by atoms with Crippen molar-refractivity contribution in [1.29, 1.82) is 0 Å². The second-order valence-corrected chi connectivity index (χ2v) is 9.66. The van der Waals surface area contributed by atoms with Crippen molar-refractivity contribution in [3.05, 3.63) is 70.6 Å². The van der Waals surface area contributed by atoms with Crippen molar-refractivity contribution in [2.45, 2.75) is 11.8 Å². The lowest BCUT2D eigenvalue weighted by molar-refractivity contribution is 0.0692. The third kappa shape index (κ3) is 4.34. The minimum atomic E-state index is -3.75. The molecule has 2 aromatic carbocycles. The number of nitrogens with one attached hydrogen (secondary N) is 1. The minimum absolute atomic E-state index is 0.0485. The Hall–Kier alpha value is -2.75. The van der Waals surface area contributed by atoms with Gasteiger partial charge in [0.25, 0.3) is 5.91 Å². The number of aryl methyl sites for hydroxylation is 1. The van der Waals surface area contributed by atoms with Gasteiger partial charge < -0.3 is 4.90 Å². The summed E-state index contributed by atoms with van der Waals surface area (Å²) in [5.41, 5.74) is 2.04. The first-order valence-corrected chi connectivity index (χ1v) is 11.4. The maximum absolute atomic E-state index is 13.5. The van der Waals surface area contributed by atoms with Gasteiger partial charge in [-0.3, -0.25) is 9.89 Å². The van der Waals surface area contributed by atoms with Gasteiger partial charge in [0.05, 0.1) is 10.6 Å². The molecule has 1 fully saturated rings. The van der Waals surface area contributed by atoms with E-state index in [4.69, 9.17) is 11.6 Å². The molecule has 1 aliphatic rings. The molecule has 3 aromatic rings. The summed E-state index contributed by atoms with van der Waals surface area (Å²) in [6, 6.07) is 12.5. The van der Waals surface area contributed by atoms with E-state index in [1.807, 2.05) is 12.1 Å². The van der Waals surface area contributed by atoms with Crippen molar-refractivity contribution in [2.24, 2.45) is 0 Å². The third-order valence-electron chi connectivity index (χ3n) is 5.24. The van der Waals surface area contributed by atoms with E-state index < -0.39 is 15.8 Å². The second kappa shape index (κ2) is 8.41. The van der Waals surface area contributed by atoms with Crippen molar-refractivity contribution in [3.63, 3.8) is 0 Å². The average molecular weight is 463 g/mol. The Morgan fingerprint density at radius 3 is 2.39 bits per heavy atom. The molecule has 1 saturated heterocycles. The molecule has 162 valence electrons. The largest absolute Gasteiger partial charge is 0.335 e. The summed E-state index contributed by atoms with van der Waals surface area (Å²) in [4.78, 5) is 14.5. The Balaban J connectivity index is 1.43. The molecule has 31 heavy (non-hydrogen) atoms. The molecule has 0 unspecified atom stereocenters. The Bertz CT molecular complexity index is 1220. The number of aromatic amines is 1. The molecule has 1 N–H and O–H groups in total. The first-order valence-electron chi connectivity index (χ1n) is 9.62. The van der Waals surface area contributed by atoms with Gasteiger partial charge in [0, 0.05) is 36.8 Å². The third-order valence-corrected chi connectivity index (χ3v) is 7.39. The molecule has 0 spiro atoms. The molecule has 0 atom stereocenters. The van der Waals surface area contributed by atoms with Crippen molar-refractivity contribution in [3.8, 4) is 11.3 Å². The van der Waals surface area contributed by atoms with E-state index in [1.54, 1.807) is 23.1 Å². The van der Waals surface area contributed by atoms with Crippen molar-refractivity contribution >= 4 is 27.5 Å². The molecule has 4 rings (SSSR count). The Labute approximate surface area is 184 Å². The highest BCUT2D eigenvalue weighted by Crippen LogP contribution is 2.23. The fourth-order valence-electron chi connectivity index (χ4n) is 3.43. The van der Waals surface area contributed by atoms with Crippen LogP contribution in [0.5, 0.6) is 0 Å². The zero-order valence-corrected chi connectivity index (χ0v) is 18.3. The maximum Gasteiger partial charge on any atom is 0.271 e.